The van der Waals surface area contributed by atoms with Crippen LogP contribution in [0.1, 0.15) is 43.7 Å². The zero-order chi connectivity index (χ0) is 14.5. The van der Waals surface area contributed by atoms with Gasteiger partial charge in [-0.3, -0.25) is 4.79 Å². The van der Waals surface area contributed by atoms with E-state index in [1.165, 1.54) is 11.3 Å². The Balaban J connectivity index is 1.82. The minimum Gasteiger partial charge on any atom is -0.481 e. The van der Waals surface area contributed by atoms with Crippen molar-refractivity contribution in [2.75, 3.05) is 0 Å². The average molecular weight is 297 g/mol. The molecular formula is C13H19N3O3S. The molecule has 0 bridgehead atoms. The summed E-state index contributed by atoms with van der Waals surface area (Å²) in [5, 5.41) is 17.5. The summed E-state index contributed by atoms with van der Waals surface area (Å²) >= 11 is 1.51. The van der Waals surface area contributed by atoms with E-state index in [0.29, 0.717) is 12.8 Å². The van der Waals surface area contributed by atoms with Crippen molar-refractivity contribution >= 4 is 23.3 Å². The molecule has 1 heterocycles. The summed E-state index contributed by atoms with van der Waals surface area (Å²) in [6.45, 7) is 1.99. The highest BCUT2D eigenvalue weighted by Crippen LogP contribution is 2.25. The van der Waals surface area contributed by atoms with Crippen LogP contribution in [0.4, 0.5) is 4.79 Å². The monoisotopic (exact) mass is 297 g/mol. The zero-order valence-corrected chi connectivity index (χ0v) is 12.2. The molecule has 3 N–H and O–H groups in total. The summed E-state index contributed by atoms with van der Waals surface area (Å²) in [5.41, 5.74) is 0. The fraction of sp³-hybridized carbons (Fsp3) is 0.615. The molecule has 1 aromatic heterocycles. The normalized spacial score (nSPS) is 23.2. The Hall–Kier alpha value is -1.63. The standard InChI is InChI=1S/C13H19N3O3S/c1-2-10(11-14-5-6-20-11)16-13(19)15-9-4-3-8(7-9)12(17)18/h5-6,8-10H,2-4,7H2,1H3,(H,17,18)(H2,15,16,19)/t8-,9+,10?/m1/s1. The lowest BCUT2D eigenvalue weighted by Crippen LogP contribution is -2.42. The fourth-order valence-electron chi connectivity index (χ4n) is 2.47. The number of nitrogens with zero attached hydrogens (tertiary/aromatic N) is 1. The van der Waals surface area contributed by atoms with E-state index in [9.17, 15) is 9.59 Å². The summed E-state index contributed by atoms with van der Waals surface area (Å²) in [6, 6.07) is -0.389. The van der Waals surface area contributed by atoms with E-state index in [1.807, 2.05) is 12.3 Å². The number of hydrogen-bond donors (Lipinski definition) is 3. The van der Waals surface area contributed by atoms with Crippen LogP contribution in [0.2, 0.25) is 0 Å². The van der Waals surface area contributed by atoms with E-state index in [2.05, 4.69) is 15.6 Å². The Bertz CT molecular complexity index is 463. The molecule has 7 heteroatoms. The summed E-state index contributed by atoms with van der Waals surface area (Å²) in [5.74, 6) is -1.11. The van der Waals surface area contributed by atoms with Crippen LogP contribution in [0.5, 0.6) is 0 Å². The second kappa shape index (κ2) is 6.69. The van der Waals surface area contributed by atoms with Crippen molar-refractivity contribution in [1.29, 1.82) is 0 Å². The first-order valence-electron chi connectivity index (χ1n) is 6.79. The van der Waals surface area contributed by atoms with Gasteiger partial charge in [0.25, 0.3) is 0 Å². The van der Waals surface area contributed by atoms with Crippen molar-refractivity contribution in [3.8, 4) is 0 Å². The van der Waals surface area contributed by atoms with E-state index in [4.69, 9.17) is 5.11 Å². The predicted octanol–water partition coefficient (Wildman–Crippen LogP) is 2.15. The van der Waals surface area contributed by atoms with Crippen molar-refractivity contribution < 1.29 is 14.7 Å². The minimum atomic E-state index is -0.774. The van der Waals surface area contributed by atoms with Crippen LogP contribution in [0.15, 0.2) is 11.6 Å². The number of carboxylic acids is 1. The molecule has 1 aliphatic carbocycles. The summed E-state index contributed by atoms with van der Waals surface area (Å²) in [6.07, 6.45) is 4.35. The van der Waals surface area contributed by atoms with Gasteiger partial charge in [0, 0.05) is 17.6 Å². The number of carbonyl (C=O) groups excluding carboxylic acids is 1. The number of amides is 2. The molecule has 2 amide bonds. The maximum Gasteiger partial charge on any atom is 0.315 e. The zero-order valence-electron chi connectivity index (χ0n) is 11.3. The lowest BCUT2D eigenvalue weighted by Gasteiger charge is -2.18. The molecule has 20 heavy (non-hydrogen) atoms. The van der Waals surface area contributed by atoms with Crippen molar-refractivity contribution in [1.82, 2.24) is 15.6 Å². The third-order valence-electron chi connectivity index (χ3n) is 3.58. The van der Waals surface area contributed by atoms with E-state index in [1.54, 1.807) is 6.20 Å². The summed E-state index contributed by atoms with van der Waals surface area (Å²) < 4.78 is 0. The van der Waals surface area contributed by atoms with Gasteiger partial charge in [0.05, 0.1) is 12.0 Å². The molecule has 0 aliphatic heterocycles. The second-order valence-corrected chi connectivity index (χ2v) is 5.92. The fourth-order valence-corrected chi connectivity index (χ4v) is 3.24. The van der Waals surface area contributed by atoms with Crippen LogP contribution in [0, 0.1) is 5.92 Å². The summed E-state index contributed by atoms with van der Waals surface area (Å²) in [4.78, 5) is 27.0. The van der Waals surface area contributed by atoms with Crippen molar-refractivity contribution in [2.45, 2.75) is 44.7 Å². The minimum absolute atomic E-state index is 0.0510. The van der Waals surface area contributed by atoms with Crippen LogP contribution in [0.3, 0.4) is 0 Å². The third-order valence-corrected chi connectivity index (χ3v) is 4.47. The van der Waals surface area contributed by atoms with E-state index < -0.39 is 5.97 Å². The molecule has 1 aliphatic rings. The van der Waals surface area contributed by atoms with Crippen LogP contribution in [-0.4, -0.2) is 28.1 Å². The van der Waals surface area contributed by atoms with E-state index >= 15 is 0 Å². The van der Waals surface area contributed by atoms with Gasteiger partial charge >= 0.3 is 12.0 Å². The Kier molecular flexibility index (Phi) is 4.94. The molecule has 3 atom stereocenters. The van der Waals surface area contributed by atoms with Gasteiger partial charge in [-0.05, 0) is 25.7 Å². The first kappa shape index (κ1) is 14.8. The third kappa shape index (κ3) is 3.69. The molecule has 0 radical (unpaired) electrons. The lowest BCUT2D eigenvalue weighted by molar-refractivity contribution is -0.141. The summed E-state index contributed by atoms with van der Waals surface area (Å²) in [7, 11) is 0. The molecule has 1 unspecified atom stereocenters. The molecule has 2 rings (SSSR count). The van der Waals surface area contributed by atoms with Gasteiger partial charge in [-0.25, -0.2) is 9.78 Å². The first-order valence-corrected chi connectivity index (χ1v) is 7.67. The van der Waals surface area contributed by atoms with Gasteiger partial charge in [0.1, 0.15) is 5.01 Å². The molecule has 0 saturated heterocycles. The number of nitrogens with one attached hydrogen (secondary N) is 2. The number of carboxylic acid groups (broad SMARTS) is 1. The lowest BCUT2D eigenvalue weighted by atomic mass is 10.1. The Morgan fingerprint density at radius 3 is 2.90 bits per heavy atom. The number of thiazole rings is 1. The number of rotatable bonds is 5. The van der Waals surface area contributed by atoms with Gasteiger partial charge in [-0.2, -0.15) is 0 Å². The van der Waals surface area contributed by atoms with Crippen molar-refractivity contribution in [3.63, 3.8) is 0 Å². The predicted molar refractivity (Wildman–Crippen MR) is 75.6 cm³/mol. The van der Waals surface area contributed by atoms with Gasteiger partial charge in [-0.15, -0.1) is 11.3 Å². The number of carbonyl (C=O) groups is 2. The van der Waals surface area contributed by atoms with Gasteiger partial charge in [0.15, 0.2) is 0 Å². The van der Waals surface area contributed by atoms with Crippen LogP contribution < -0.4 is 10.6 Å². The number of aromatic nitrogens is 1. The maximum atomic E-state index is 11.9. The topological polar surface area (TPSA) is 91.3 Å². The average Bonchev–Trinajstić information content (AvgIpc) is 3.06. The maximum absolute atomic E-state index is 11.9. The van der Waals surface area contributed by atoms with Crippen LogP contribution in [0.25, 0.3) is 0 Å². The van der Waals surface area contributed by atoms with Gasteiger partial charge in [0.2, 0.25) is 0 Å². The second-order valence-electron chi connectivity index (χ2n) is 4.99. The smallest absolute Gasteiger partial charge is 0.315 e. The quantitative estimate of drug-likeness (QED) is 0.776. The van der Waals surface area contributed by atoms with Crippen LogP contribution >= 0.6 is 11.3 Å². The number of hydrogen-bond acceptors (Lipinski definition) is 4. The SMILES string of the molecule is CCC(NC(=O)N[C@H]1CC[C@@H](C(=O)O)C1)c1nccs1. The van der Waals surface area contributed by atoms with Crippen molar-refractivity contribution in [3.05, 3.63) is 16.6 Å². The highest BCUT2D eigenvalue weighted by Gasteiger charge is 2.30. The van der Waals surface area contributed by atoms with Gasteiger partial charge in [-0.1, -0.05) is 6.92 Å². The Morgan fingerprint density at radius 1 is 1.55 bits per heavy atom. The molecule has 110 valence electrons. The molecule has 0 spiro atoms. The highest BCUT2D eigenvalue weighted by molar-refractivity contribution is 7.09. The van der Waals surface area contributed by atoms with Crippen LogP contribution in [-0.2, 0) is 4.79 Å². The molecule has 6 nitrogen and oxygen atoms in total. The Labute approximate surface area is 121 Å². The largest absolute Gasteiger partial charge is 0.481 e. The molecular weight excluding hydrogens is 278 g/mol. The highest BCUT2D eigenvalue weighted by atomic mass is 32.1. The molecule has 0 aromatic carbocycles. The first-order chi connectivity index (χ1) is 9.60. The molecule has 1 fully saturated rings. The molecule has 1 saturated carbocycles. The van der Waals surface area contributed by atoms with Crippen molar-refractivity contribution in [2.24, 2.45) is 5.92 Å². The van der Waals surface area contributed by atoms with E-state index in [-0.39, 0.29) is 24.0 Å². The number of urea groups is 1. The number of aliphatic carboxylic acids is 1. The van der Waals surface area contributed by atoms with Gasteiger partial charge < -0.3 is 15.7 Å². The van der Waals surface area contributed by atoms with E-state index in [0.717, 1.165) is 17.8 Å². The Morgan fingerprint density at radius 2 is 2.35 bits per heavy atom. The molecule has 1 aromatic rings.